The fraction of sp³-hybridized carbons (Fsp3) is 0.667. The number of rotatable bonds is 5. The Labute approximate surface area is 217 Å². The zero-order valence-electron chi connectivity index (χ0n) is 17.8. The van der Waals surface area contributed by atoms with E-state index in [9.17, 15) is 13.2 Å². The molecule has 154 valence electrons. The van der Waals surface area contributed by atoms with Crippen molar-refractivity contribution in [1.82, 2.24) is 4.90 Å². The molecule has 29 heavy (non-hydrogen) atoms. The maximum Gasteiger partial charge on any atom is 1.00 e. The first-order chi connectivity index (χ1) is 13.4. The van der Waals surface area contributed by atoms with Crippen LogP contribution in [0.5, 0.6) is 0 Å². The number of hydrogen-bond acceptors (Lipinski definition) is 4. The van der Waals surface area contributed by atoms with Gasteiger partial charge in [-0.2, -0.15) is 0 Å². The molecule has 4 rings (SSSR count). The number of anilines is 1. The van der Waals surface area contributed by atoms with Crippen molar-refractivity contribution in [2.24, 2.45) is 0 Å². The molecule has 3 aliphatic rings. The summed E-state index contributed by atoms with van der Waals surface area (Å²) in [7, 11) is -3.81. The van der Waals surface area contributed by atoms with Gasteiger partial charge in [-0.15, -0.1) is 0 Å². The van der Waals surface area contributed by atoms with E-state index in [0.29, 0.717) is 19.0 Å². The van der Waals surface area contributed by atoms with Crippen molar-refractivity contribution in [2.45, 2.75) is 76.5 Å². The monoisotopic (exact) mass is 443 g/mol. The molecule has 1 heterocycles. The van der Waals surface area contributed by atoms with Gasteiger partial charge in [0.15, 0.2) is 16.1 Å². The summed E-state index contributed by atoms with van der Waals surface area (Å²) in [6.07, 6.45) is 7.65. The number of benzene rings is 1. The fourth-order valence-electron chi connectivity index (χ4n) is 4.94. The van der Waals surface area contributed by atoms with Crippen LogP contribution in [0.4, 0.5) is 10.5 Å². The smallest absolute Gasteiger partial charge is 0.423 e. The minimum absolute atomic E-state index is 0. The first-order valence-corrected chi connectivity index (χ1v) is 12.1. The van der Waals surface area contributed by atoms with E-state index in [2.05, 4.69) is 34.9 Å². The van der Waals surface area contributed by atoms with Crippen LogP contribution in [0.2, 0.25) is 0 Å². The third-order valence-electron chi connectivity index (χ3n) is 6.73. The molecule has 2 aliphatic carbocycles. The van der Waals surface area contributed by atoms with Gasteiger partial charge in [0.05, 0.1) is 5.25 Å². The Hall–Kier alpha value is 0.0364. The van der Waals surface area contributed by atoms with Crippen molar-refractivity contribution in [3.05, 3.63) is 33.0 Å². The SMILES string of the molecule is CCC(C)N1CCC(S(=O)(=O)[N-]C(=O)Nc2c3c(cc4c2CCC4)CCC3)C1.[K+]. The number of nitrogens with one attached hydrogen (secondary N) is 1. The standard InChI is InChI=1S/C21H31N3O3S.K/c1-3-14(2)24-11-10-17(13-24)28(26,27)23-21(25)22-20-18-8-4-6-15(18)12-16-7-5-9-19(16)20;/h12,14,17H,3-11,13H2,1-2H3,(H2,22,23,25);/q;+1/p-1. The summed E-state index contributed by atoms with van der Waals surface area (Å²) in [5, 5.41) is 2.29. The summed E-state index contributed by atoms with van der Waals surface area (Å²) >= 11 is 0. The predicted molar refractivity (Wildman–Crippen MR) is 112 cm³/mol. The Bertz CT molecular complexity index is 855. The molecule has 1 saturated heterocycles. The van der Waals surface area contributed by atoms with E-state index in [1.165, 1.54) is 22.3 Å². The second-order valence-corrected chi connectivity index (χ2v) is 10.3. The Morgan fingerprint density at radius 1 is 1.21 bits per heavy atom. The number of urea groups is 1. The predicted octanol–water partition coefficient (Wildman–Crippen LogP) is 0.776. The molecule has 0 aromatic heterocycles. The second kappa shape index (κ2) is 9.67. The largest absolute Gasteiger partial charge is 1.00 e. The summed E-state index contributed by atoms with van der Waals surface area (Å²) in [5.74, 6) is 0. The van der Waals surface area contributed by atoms with Crippen LogP contribution in [0.3, 0.4) is 0 Å². The molecule has 2 unspecified atom stereocenters. The number of aryl methyl sites for hydroxylation is 2. The van der Waals surface area contributed by atoms with E-state index < -0.39 is 21.3 Å². The van der Waals surface area contributed by atoms with Crippen LogP contribution >= 0.6 is 0 Å². The van der Waals surface area contributed by atoms with Gasteiger partial charge >= 0.3 is 51.4 Å². The topological polar surface area (TPSA) is 80.6 Å². The molecule has 2 atom stereocenters. The number of amides is 2. The molecule has 1 N–H and O–H groups in total. The van der Waals surface area contributed by atoms with Gasteiger partial charge in [-0.25, -0.2) is 8.42 Å². The number of likely N-dealkylation sites (tertiary alicyclic amines) is 1. The van der Waals surface area contributed by atoms with Crippen molar-refractivity contribution in [2.75, 3.05) is 18.4 Å². The van der Waals surface area contributed by atoms with Crippen molar-refractivity contribution in [1.29, 1.82) is 0 Å². The van der Waals surface area contributed by atoms with Gasteiger partial charge in [-0.3, -0.25) is 9.69 Å². The number of carbonyl (C=O) groups excluding carboxylic acids is 1. The zero-order valence-corrected chi connectivity index (χ0v) is 21.8. The Kier molecular flexibility index (Phi) is 7.90. The summed E-state index contributed by atoms with van der Waals surface area (Å²) in [4.78, 5) is 14.8. The fourth-order valence-corrected chi connectivity index (χ4v) is 6.15. The molecular weight excluding hydrogens is 413 g/mol. The molecule has 0 spiro atoms. The van der Waals surface area contributed by atoms with Crippen LogP contribution in [0.25, 0.3) is 4.72 Å². The minimum atomic E-state index is -3.81. The van der Waals surface area contributed by atoms with E-state index >= 15 is 0 Å². The van der Waals surface area contributed by atoms with E-state index in [-0.39, 0.29) is 51.4 Å². The molecule has 1 aliphatic heterocycles. The quantitative estimate of drug-likeness (QED) is 0.682. The number of fused-ring (bicyclic) bond motifs is 2. The molecule has 0 bridgehead atoms. The zero-order chi connectivity index (χ0) is 19.9. The van der Waals surface area contributed by atoms with E-state index in [1.54, 1.807) is 0 Å². The molecule has 0 saturated carbocycles. The van der Waals surface area contributed by atoms with Gasteiger partial charge in [-0.05, 0) is 92.8 Å². The normalized spacial score (nSPS) is 21.9. The van der Waals surface area contributed by atoms with Crippen molar-refractivity contribution < 1.29 is 64.6 Å². The van der Waals surface area contributed by atoms with Gasteiger partial charge in [0.2, 0.25) is 0 Å². The molecule has 2 amide bonds. The maximum absolute atomic E-state index is 12.7. The first kappa shape index (κ1) is 23.7. The molecule has 0 radical (unpaired) electrons. The van der Waals surface area contributed by atoms with Crippen LogP contribution in [0, 0.1) is 0 Å². The Morgan fingerprint density at radius 3 is 2.41 bits per heavy atom. The van der Waals surface area contributed by atoms with Crippen LogP contribution in [0.1, 0.15) is 61.8 Å². The average molecular weight is 444 g/mol. The van der Waals surface area contributed by atoms with Crippen LogP contribution < -0.4 is 56.7 Å². The molecule has 6 nitrogen and oxygen atoms in total. The number of carbonyl (C=O) groups is 1. The molecule has 1 fully saturated rings. The average Bonchev–Trinajstić information content (AvgIpc) is 3.39. The number of nitrogens with zero attached hydrogens (tertiary/aromatic N) is 2. The van der Waals surface area contributed by atoms with Gasteiger partial charge in [0, 0.05) is 12.6 Å². The maximum atomic E-state index is 12.7. The minimum Gasteiger partial charge on any atom is -0.423 e. The number of sulfonamides is 1. The third-order valence-corrected chi connectivity index (χ3v) is 8.37. The van der Waals surface area contributed by atoms with Crippen molar-refractivity contribution in [3.63, 3.8) is 0 Å². The van der Waals surface area contributed by atoms with E-state index in [4.69, 9.17) is 0 Å². The van der Waals surface area contributed by atoms with E-state index in [1.807, 2.05) is 0 Å². The van der Waals surface area contributed by atoms with E-state index in [0.717, 1.165) is 57.2 Å². The van der Waals surface area contributed by atoms with Gasteiger partial charge in [-0.1, -0.05) is 13.0 Å². The molecular formula is C21H30KN3O3S. The first-order valence-electron chi connectivity index (χ1n) is 10.6. The van der Waals surface area contributed by atoms with Crippen LogP contribution in [0.15, 0.2) is 6.07 Å². The van der Waals surface area contributed by atoms with Gasteiger partial charge in [0.25, 0.3) is 0 Å². The Balaban J connectivity index is 0.00000240. The van der Waals surface area contributed by atoms with Crippen LogP contribution in [-0.4, -0.2) is 43.7 Å². The summed E-state index contributed by atoms with van der Waals surface area (Å²) in [6, 6.07) is 1.90. The summed E-state index contributed by atoms with van der Waals surface area (Å²) < 4.78 is 29.1. The van der Waals surface area contributed by atoms with Crippen molar-refractivity contribution in [3.8, 4) is 0 Å². The van der Waals surface area contributed by atoms with Gasteiger partial charge in [0.1, 0.15) is 0 Å². The van der Waals surface area contributed by atoms with Gasteiger partial charge < -0.3 is 10.0 Å². The van der Waals surface area contributed by atoms with Crippen molar-refractivity contribution >= 4 is 21.7 Å². The Morgan fingerprint density at radius 2 is 1.83 bits per heavy atom. The summed E-state index contributed by atoms with van der Waals surface area (Å²) in [5.41, 5.74) is 5.83. The molecule has 8 heteroatoms. The summed E-state index contributed by atoms with van der Waals surface area (Å²) in [6.45, 7) is 5.41. The second-order valence-electron chi connectivity index (χ2n) is 8.43. The third kappa shape index (κ3) is 4.94. The molecule has 1 aromatic carbocycles. The molecule has 1 aromatic rings. The number of hydrogen-bond donors (Lipinski definition) is 1. The van der Waals surface area contributed by atoms with Crippen LogP contribution in [-0.2, 0) is 35.7 Å².